The first kappa shape index (κ1) is 8.19. The number of carbonyl (C=O) groups is 1. The van der Waals surface area contributed by atoms with Crippen LogP contribution in [0.15, 0.2) is 36.2 Å². The highest BCUT2D eigenvalue weighted by Gasteiger charge is 2.06. The molecule has 0 fully saturated rings. The topological polar surface area (TPSA) is 34.9 Å². The van der Waals surface area contributed by atoms with Crippen LogP contribution in [-0.2, 0) is 6.54 Å². The highest BCUT2D eigenvalue weighted by molar-refractivity contribution is 7.12. The molecule has 0 unspecified atom stereocenters. The van der Waals surface area contributed by atoms with Crippen molar-refractivity contribution < 1.29 is 4.79 Å². The molecule has 0 N–H and O–H groups in total. The van der Waals surface area contributed by atoms with Crippen molar-refractivity contribution in [1.29, 1.82) is 0 Å². The third-order valence-electron chi connectivity index (χ3n) is 1.68. The van der Waals surface area contributed by atoms with Crippen molar-refractivity contribution in [1.82, 2.24) is 9.55 Å². The van der Waals surface area contributed by atoms with Crippen LogP contribution in [0, 0.1) is 0 Å². The molecule has 4 heteroatoms. The molecular weight excluding hydrogens is 184 g/mol. The molecule has 0 bridgehead atoms. The van der Waals surface area contributed by atoms with E-state index < -0.39 is 0 Å². The molecule has 0 aliphatic rings. The van der Waals surface area contributed by atoms with Crippen LogP contribution in [0.3, 0.4) is 0 Å². The lowest BCUT2D eigenvalue weighted by atomic mass is 10.3. The lowest BCUT2D eigenvalue weighted by Gasteiger charge is -1.97. The number of hydrogen-bond donors (Lipinski definition) is 0. The maximum absolute atomic E-state index is 11.5. The number of thiophene rings is 1. The highest BCUT2D eigenvalue weighted by Crippen LogP contribution is 2.10. The molecule has 0 amide bonds. The van der Waals surface area contributed by atoms with E-state index in [4.69, 9.17) is 0 Å². The minimum absolute atomic E-state index is 0.132. The van der Waals surface area contributed by atoms with Crippen molar-refractivity contribution in [3.8, 4) is 0 Å². The average Bonchev–Trinajstić information content (AvgIpc) is 2.74. The van der Waals surface area contributed by atoms with Crippen molar-refractivity contribution in [3.05, 3.63) is 41.1 Å². The monoisotopic (exact) mass is 192 g/mol. The van der Waals surface area contributed by atoms with Crippen LogP contribution in [0.5, 0.6) is 0 Å². The summed E-state index contributed by atoms with van der Waals surface area (Å²) in [5.74, 6) is 0.132. The second-order valence-electron chi connectivity index (χ2n) is 2.64. The lowest BCUT2D eigenvalue weighted by molar-refractivity contribution is 0.0976. The molecule has 0 spiro atoms. The van der Waals surface area contributed by atoms with Gasteiger partial charge in [-0.2, -0.15) is 0 Å². The van der Waals surface area contributed by atoms with Crippen molar-refractivity contribution in [2.45, 2.75) is 6.54 Å². The Morgan fingerprint density at radius 3 is 3.15 bits per heavy atom. The number of nitrogens with zero attached hydrogens (tertiary/aromatic N) is 2. The molecule has 0 aromatic carbocycles. The summed E-state index contributed by atoms with van der Waals surface area (Å²) in [5.41, 5.74) is 0. The summed E-state index contributed by atoms with van der Waals surface area (Å²) in [6.45, 7) is 0.376. The van der Waals surface area contributed by atoms with E-state index in [2.05, 4.69) is 4.98 Å². The fraction of sp³-hybridized carbons (Fsp3) is 0.111. The van der Waals surface area contributed by atoms with Gasteiger partial charge in [-0.25, -0.2) is 4.98 Å². The van der Waals surface area contributed by atoms with Crippen LogP contribution in [0.2, 0.25) is 0 Å². The van der Waals surface area contributed by atoms with Gasteiger partial charge in [0.2, 0.25) is 0 Å². The van der Waals surface area contributed by atoms with Crippen LogP contribution in [0.4, 0.5) is 0 Å². The molecule has 0 radical (unpaired) electrons. The van der Waals surface area contributed by atoms with Crippen LogP contribution in [0.1, 0.15) is 9.67 Å². The van der Waals surface area contributed by atoms with Gasteiger partial charge in [-0.15, -0.1) is 11.3 Å². The second-order valence-corrected chi connectivity index (χ2v) is 3.58. The fourth-order valence-corrected chi connectivity index (χ4v) is 1.72. The van der Waals surface area contributed by atoms with Gasteiger partial charge in [0.1, 0.15) is 0 Å². The quantitative estimate of drug-likeness (QED) is 0.695. The third kappa shape index (κ3) is 1.84. The summed E-state index contributed by atoms with van der Waals surface area (Å²) in [6.07, 6.45) is 5.10. The van der Waals surface area contributed by atoms with Crippen molar-refractivity contribution >= 4 is 17.1 Å². The summed E-state index contributed by atoms with van der Waals surface area (Å²) in [5, 5.41) is 1.90. The number of Topliss-reactive ketones (excluding diaryl/α,β-unsaturated/α-hetero) is 1. The molecule has 0 saturated carbocycles. The Hall–Kier alpha value is -1.42. The van der Waals surface area contributed by atoms with Gasteiger partial charge in [-0.3, -0.25) is 4.79 Å². The first-order valence-electron chi connectivity index (χ1n) is 3.89. The third-order valence-corrected chi connectivity index (χ3v) is 2.59. The molecule has 0 aliphatic carbocycles. The van der Waals surface area contributed by atoms with E-state index in [9.17, 15) is 4.79 Å². The second kappa shape index (κ2) is 3.53. The predicted molar refractivity (Wildman–Crippen MR) is 50.9 cm³/mol. The molecule has 2 heterocycles. The molecule has 2 rings (SSSR count). The van der Waals surface area contributed by atoms with Crippen molar-refractivity contribution in [2.75, 3.05) is 0 Å². The van der Waals surface area contributed by atoms with E-state index in [1.54, 1.807) is 23.3 Å². The molecule has 2 aromatic heterocycles. The molecular formula is C9H8N2OS. The van der Waals surface area contributed by atoms with Gasteiger partial charge in [0.15, 0.2) is 5.78 Å². The van der Waals surface area contributed by atoms with Crippen LogP contribution < -0.4 is 0 Å². The molecule has 13 heavy (non-hydrogen) atoms. The Kier molecular flexibility index (Phi) is 2.23. The fourth-order valence-electron chi connectivity index (χ4n) is 1.06. The van der Waals surface area contributed by atoms with Gasteiger partial charge in [-0.05, 0) is 11.4 Å². The highest BCUT2D eigenvalue weighted by atomic mass is 32.1. The molecule has 2 aromatic rings. The van der Waals surface area contributed by atoms with E-state index in [1.807, 2.05) is 17.5 Å². The normalized spacial score (nSPS) is 10.2. The number of imidazole rings is 1. The Morgan fingerprint density at radius 1 is 1.62 bits per heavy atom. The minimum atomic E-state index is 0.132. The zero-order chi connectivity index (χ0) is 9.10. The first-order chi connectivity index (χ1) is 6.36. The number of ketones is 1. The number of aromatic nitrogens is 2. The molecule has 66 valence electrons. The largest absolute Gasteiger partial charge is 0.330 e. The molecule has 0 atom stereocenters. The maximum Gasteiger partial charge on any atom is 0.192 e. The van der Waals surface area contributed by atoms with Gasteiger partial charge < -0.3 is 4.57 Å². The van der Waals surface area contributed by atoms with Gasteiger partial charge in [0.25, 0.3) is 0 Å². The van der Waals surface area contributed by atoms with E-state index in [0.717, 1.165) is 4.88 Å². The standard InChI is InChI=1S/C9H8N2OS/c12-8(9-2-1-5-13-9)6-11-4-3-10-7-11/h1-5,7H,6H2. The molecule has 0 saturated heterocycles. The number of hydrogen-bond acceptors (Lipinski definition) is 3. The molecule has 3 nitrogen and oxygen atoms in total. The van der Waals surface area contributed by atoms with Crippen LogP contribution in [0.25, 0.3) is 0 Å². The van der Waals surface area contributed by atoms with Crippen molar-refractivity contribution in [3.63, 3.8) is 0 Å². The SMILES string of the molecule is O=C(Cn1ccnc1)c1cccs1. The summed E-state index contributed by atoms with van der Waals surface area (Å²) in [6, 6.07) is 3.72. The number of rotatable bonds is 3. The van der Waals surface area contributed by atoms with Gasteiger partial charge in [-0.1, -0.05) is 6.07 Å². The summed E-state index contributed by atoms with van der Waals surface area (Å²) in [7, 11) is 0. The Morgan fingerprint density at radius 2 is 2.54 bits per heavy atom. The van der Waals surface area contributed by atoms with Crippen LogP contribution in [-0.4, -0.2) is 15.3 Å². The first-order valence-corrected chi connectivity index (χ1v) is 4.76. The summed E-state index contributed by atoms with van der Waals surface area (Å²) >= 11 is 1.47. The summed E-state index contributed by atoms with van der Waals surface area (Å²) in [4.78, 5) is 16.2. The van der Waals surface area contributed by atoms with Gasteiger partial charge >= 0.3 is 0 Å². The van der Waals surface area contributed by atoms with E-state index in [-0.39, 0.29) is 5.78 Å². The van der Waals surface area contributed by atoms with E-state index in [0.29, 0.717) is 6.54 Å². The maximum atomic E-state index is 11.5. The smallest absolute Gasteiger partial charge is 0.192 e. The van der Waals surface area contributed by atoms with Gasteiger partial charge in [0, 0.05) is 12.4 Å². The van der Waals surface area contributed by atoms with E-state index >= 15 is 0 Å². The number of carbonyl (C=O) groups excluding carboxylic acids is 1. The Balaban J connectivity index is 2.08. The summed E-state index contributed by atoms with van der Waals surface area (Å²) < 4.78 is 1.77. The van der Waals surface area contributed by atoms with E-state index in [1.165, 1.54) is 11.3 Å². The Bertz CT molecular complexity index is 378. The van der Waals surface area contributed by atoms with Crippen molar-refractivity contribution in [2.24, 2.45) is 0 Å². The van der Waals surface area contributed by atoms with Crippen LogP contribution >= 0.6 is 11.3 Å². The minimum Gasteiger partial charge on any atom is -0.330 e. The molecule has 0 aliphatic heterocycles. The lowest BCUT2D eigenvalue weighted by Crippen LogP contribution is -2.06. The zero-order valence-electron chi connectivity index (χ0n) is 6.88. The predicted octanol–water partition coefficient (Wildman–Crippen LogP) is 1.83. The Labute approximate surface area is 79.7 Å². The van der Waals surface area contributed by atoms with Gasteiger partial charge in [0.05, 0.1) is 17.7 Å². The average molecular weight is 192 g/mol. The zero-order valence-corrected chi connectivity index (χ0v) is 7.70.